The molecule has 2 amide bonds. The third-order valence-corrected chi connectivity index (χ3v) is 3.86. The van der Waals surface area contributed by atoms with Gasteiger partial charge in [-0.3, -0.25) is 4.79 Å². The Labute approximate surface area is 126 Å². The van der Waals surface area contributed by atoms with Crippen LogP contribution in [0.3, 0.4) is 0 Å². The van der Waals surface area contributed by atoms with E-state index in [0.29, 0.717) is 0 Å². The predicted octanol–water partition coefficient (Wildman–Crippen LogP) is 2.30. The zero-order valence-corrected chi connectivity index (χ0v) is 12.8. The minimum atomic E-state index is -0.521. The number of hydrogen-bond acceptors (Lipinski definition) is 3. The van der Waals surface area contributed by atoms with Gasteiger partial charge in [0.15, 0.2) is 0 Å². The molecule has 108 valence electrons. The summed E-state index contributed by atoms with van der Waals surface area (Å²) in [5, 5.41) is 5.54. The smallest absolute Gasteiger partial charge is 0.406 e. The molecule has 2 N–H and O–H groups in total. The number of halogens is 1. The second kappa shape index (κ2) is 6.26. The molecule has 0 aromatic heterocycles. The summed E-state index contributed by atoms with van der Waals surface area (Å²) in [6.07, 6.45) is 1.62. The van der Waals surface area contributed by atoms with E-state index in [9.17, 15) is 9.59 Å². The maximum absolute atomic E-state index is 11.9. The normalized spacial score (nSPS) is 15.3. The van der Waals surface area contributed by atoms with Crippen molar-refractivity contribution >= 4 is 27.9 Å². The second-order valence-corrected chi connectivity index (χ2v) is 5.72. The molecule has 6 heteroatoms. The van der Waals surface area contributed by atoms with Crippen LogP contribution in [0.25, 0.3) is 0 Å². The van der Waals surface area contributed by atoms with Crippen molar-refractivity contribution in [1.82, 2.24) is 10.6 Å². The van der Waals surface area contributed by atoms with Crippen LogP contribution in [0.5, 0.6) is 0 Å². The highest BCUT2D eigenvalue weighted by Crippen LogP contribution is 2.45. The van der Waals surface area contributed by atoms with Gasteiger partial charge >= 0.3 is 6.09 Å². The van der Waals surface area contributed by atoms with Crippen molar-refractivity contribution in [3.05, 3.63) is 34.3 Å². The molecule has 1 aliphatic carbocycles. The Kier molecular flexibility index (Phi) is 4.65. The number of hydrogen-bond donors (Lipinski definition) is 2. The summed E-state index contributed by atoms with van der Waals surface area (Å²) in [6.45, 7) is 0.273. The lowest BCUT2D eigenvalue weighted by Crippen LogP contribution is -2.37. The Morgan fingerprint density at radius 2 is 1.95 bits per heavy atom. The van der Waals surface area contributed by atoms with Crippen LogP contribution >= 0.6 is 15.9 Å². The third-order valence-electron chi connectivity index (χ3n) is 3.33. The topological polar surface area (TPSA) is 67.4 Å². The second-order valence-electron chi connectivity index (χ2n) is 4.81. The highest BCUT2D eigenvalue weighted by Gasteiger charge is 2.45. The van der Waals surface area contributed by atoms with Crippen LogP contribution in [0.2, 0.25) is 0 Å². The molecule has 0 unspecified atom stereocenters. The Balaban J connectivity index is 1.84. The van der Waals surface area contributed by atoms with Crippen molar-refractivity contribution in [2.24, 2.45) is 0 Å². The average Bonchev–Trinajstić information content (AvgIpc) is 3.20. The first-order valence-electron chi connectivity index (χ1n) is 6.45. The number of benzene rings is 1. The van der Waals surface area contributed by atoms with E-state index in [-0.39, 0.29) is 24.4 Å². The van der Waals surface area contributed by atoms with Crippen LogP contribution in [0, 0.1) is 0 Å². The number of carbonyl (C=O) groups is 2. The lowest BCUT2D eigenvalue weighted by molar-refractivity contribution is -0.122. The van der Waals surface area contributed by atoms with Crippen molar-refractivity contribution in [2.45, 2.75) is 24.8 Å². The maximum Gasteiger partial charge on any atom is 0.406 e. The van der Waals surface area contributed by atoms with Gasteiger partial charge in [-0.05, 0) is 30.5 Å². The lowest BCUT2D eigenvalue weighted by atomic mass is 10.0. The van der Waals surface area contributed by atoms with E-state index in [1.807, 2.05) is 24.3 Å². The van der Waals surface area contributed by atoms with Crippen molar-refractivity contribution in [2.75, 3.05) is 13.7 Å². The van der Waals surface area contributed by atoms with Crippen LogP contribution in [0.15, 0.2) is 28.7 Å². The highest BCUT2D eigenvalue weighted by molar-refractivity contribution is 9.10. The molecule has 2 rings (SSSR count). The number of nitrogens with one attached hydrogen (secondary N) is 2. The molecule has 0 saturated heterocycles. The van der Waals surface area contributed by atoms with Gasteiger partial charge in [0.25, 0.3) is 0 Å². The van der Waals surface area contributed by atoms with Gasteiger partial charge in [0, 0.05) is 17.4 Å². The SMILES string of the molecule is COC(=O)NCCC(=O)NC1(c2ccc(Br)cc2)CC1. The molecule has 1 aromatic carbocycles. The van der Waals surface area contributed by atoms with Gasteiger partial charge in [-0.25, -0.2) is 4.79 Å². The Morgan fingerprint density at radius 3 is 2.50 bits per heavy atom. The van der Waals surface area contributed by atoms with E-state index in [1.54, 1.807) is 0 Å². The van der Waals surface area contributed by atoms with E-state index in [1.165, 1.54) is 7.11 Å². The highest BCUT2D eigenvalue weighted by atomic mass is 79.9. The first-order chi connectivity index (χ1) is 9.55. The molecule has 20 heavy (non-hydrogen) atoms. The number of rotatable bonds is 5. The fourth-order valence-corrected chi connectivity index (χ4v) is 2.32. The molecule has 1 fully saturated rings. The summed E-state index contributed by atoms with van der Waals surface area (Å²) in [5.41, 5.74) is 0.901. The molecule has 0 atom stereocenters. The minimum absolute atomic E-state index is 0.0678. The summed E-state index contributed by atoms with van der Waals surface area (Å²) in [7, 11) is 1.29. The molecule has 0 aliphatic heterocycles. The zero-order chi connectivity index (χ0) is 14.6. The Hall–Kier alpha value is -1.56. The molecule has 0 spiro atoms. The van der Waals surface area contributed by atoms with Crippen LogP contribution in [0.4, 0.5) is 4.79 Å². The quantitative estimate of drug-likeness (QED) is 0.864. The van der Waals surface area contributed by atoms with Gasteiger partial charge in [0.2, 0.25) is 5.91 Å². The molecule has 0 radical (unpaired) electrons. The van der Waals surface area contributed by atoms with Crippen LogP contribution < -0.4 is 10.6 Å². The van der Waals surface area contributed by atoms with Gasteiger partial charge in [-0.2, -0.15) is 0 Å². The van der Waals surface area contributed by atoms with Gasteiger partial charge in [0.1, 0.15) is 0 Å². The van der Waals surface area contributed by atoms with E-state index in [0.717, 1.165) is 22.9 Å². The van der Waals surface area contributed by atoms with Crippen molar-refractivity contribution in [3.8, 4) is 0 Å². The van der Waals surface area contributed by atoms with E-state index >= 15 is 0 Å². The predicted molar refractivity (Wildman–Crippen MR) is 78.2 cm³/mol. The van der Waals surface area contributed by atoms with Gasteiger partial charge < -0.3 is 15.4 Å². The number of ether oxygens (including phenoxy) is 1. The molecule has 0 heterocycles. The summed E-state index contributed by atoms with van der Waals surface area (Å²) < 4.78 is 5.46. The molecule has 5 nitrogen and oxygen atoms in total. The summed E-state index contributed by atoms with van der Waals surface area (Å²) in [5.74, 6) is -0.0678. The first-order valence-corrected chi connectivity index (χ1v) is 7.24. The average molecular weight is 341 g/mol. The minimum Gasteiger partial charge on any atom is -0.453 e. The van der Waals surface area contributed by atoms with Crippen molar-refractivity contribution in [1.29, 1.82) is 0 Å². The van der Waals surface area contributed by atoms with Gasteiger partial charge in [-0.15, -0.1) is 0 Å². The van der Waals surface area contributed by atoms with E-state index in [2.05, 4.69) is 31.3 Å². The lowest BCUT2D eigenvalue weighted by Gasteiger charge is -2.18. The molecule has 0 bridgehead atoms. The summed E-state index contributed by atoms with van der Waals surface area (Å²) >= 11 is 3.40. The standard InChI is InChI=1S/C14H17BrN2O3/c1-20-13(19)16-9-6-12(18)17-14(7-8-14)10-2-4-11(15)5-3-10/h2-5H,6-9H2,1H3,(H,16,19)(H,17,18). The number of alkyl carbamates (subject to hydrolysis) is 1. The molecular formula is C14H17BrN2O3. The third kappa shape index (κ3) is 3.72. The number of carbonyl (C=O) groups excluding carboxylic acids is 2. The first kappa shape index (κ1) is 14.8. The molecular weight excluding hydrogens is 324 g/mol. The Bertz CT molecular complexity index is 498. The van der Waals surface area contributed by atoms with Crippen molar-refractivity contribution < 1.29 is 14.3 Å². The van der Waals surface area contributed by atoms with Crippen LogP contribution in [0.1, 0.15) is 24.8 Å². The largest absolute Gasteiger partial charge is 0.453 e. The molecule has 1 aliphatic rings. The van der Waals surface area contributed by atoms with Crippen molar-refractivity contribution in [3.63, 3.8) is 0 Å². The fraction of sp³-hybridized carbons (Fsp3) is 0.429. The van der Waals surface area contributed by atoms with E-state index in [4.69, 9.17) is 0 Å². The van der Waals surface area contributed by atoms with Crippen LogP contribution in [-0.2, 0) is 15.1 Å². The number of methoxy groups -OCH3 is 1. The van der Waals surface area contributed by atoms with Gasteiger partial charge in [0.05, 0.1) is 12.6 Å². The molecule has 1 saturated carbocycles. The molecule has 1 aromatic rings. The van der Waals surface area contributed by atoms with Gasteiger partial charge in [-0.1, -0.05) is 28.1 Å². The maximum atomic E-state index is 11.9. The monoisotopic (exact) mass is 340 g/mol. The Morgan fingerprint density at radius 1 is 1.30 bits per heavy atom. The van der Waals surface area contributed by atoms with Crippen LogP contribution in [-0.4, -0.2) is 25.7 Å². The van der Waals surface area contributed by atoms with E-state index < -0.39 is 6.09 Å². The summed E-state index contributed by atoms with van der Waals surface area (Å²) in [6, 6.07) is 7.98. The fourth-order valence-electron chi connectivity index (χ4n) is 2.06. The number of amides is 2. The summed E-state index contributed by atoms with van der Waals surface area (Å²) in [4.78, 5) is 22.8. The zero-order valence-electron chi connectivity index (χ0n) is 11.2.